The summed E-state index contributed by atoms with van der Waals surface area (Å²) in [5.41, 5.74) is 0.0156. The Morgan fingerprint density at radius 3 is 2.29 bits per heavy atom. The van der Waals surface area contributed by atoms with Crippen LogP contribution in [0.25, 0.3) is 0 Å². The van der Waals surface area contributed by atoms with Crippen molar-refractivity contribution in [1.29, 1.82) is 0 Å². The van der Waals surface area contributed by atoms with Crippen molar-refractivity contribution in [3.8, 4) is 0 Å². The molecule has 0 unspecified atom stereocenters. The predicted octanol–water partition coefficient (Wildman–Crippen LogP) is 2.17. The van der Waals surface area contributed by atoms with Crippen LogP contribution < -0.4 is 0 Å². The van der Waals surface area contributed by atoms with E-state index in [1.54, 1.807) is 27.8 Å². The summed E-state index contributed by atoms with van der Waals surface area (Å²) in [5, 5.41) is 0. The molecular weight excluding hydrogens is 310 g/mol. The van der Waals surface area contributed by atoms with Gasteiger partial charge in [0.05, 0.1) is 12.0 Å². The van der Waals surface area contributed by atoms with Gasteiger partial charge in [-0.05, 0) is 26.3 Å². The fourth-order valence-electron chi connectivity index (χ4n) is 2.13. The number of ether oxygens (including phenoxy) is 2. The average molecular weight is 335 g/mol. The van der Waals surface area contributed by atoms with Crippen LogP contribution in [0.4, 0.5) is 0 Å². The highest BCUT2D eigenvalue weighted by molar-refractivity contribution is 5.94. The number of hydrogen-bond acceptors (Lipinski definition) is 5. The second-order valence-corrected chi connectivity index (χ2v) is 6.18. The van der Waals surface area contributed by atoms with E-state index in [4.69, 9.17) is 9.47 Å². The number of rotatable bonds is 8. The summed E-state index contributed by atoms with van der Waals surface area (Å²) in [6.45, 7) is 5.65. The molecule has 0 aliphatic heterocycles. The zero-order chi connectivity index (χ0) is 18.2. The number of benzene rings is 1. The monoisotopic (exact) mass is 335 g/mol. The molecule has 6 nitrogen and oxygen atoms in total. The number of esters is 2. The molecule has 0 aliphatic carbocycles. The standard InChI is InChI=1S/C18H25NO5/c1-5-23-16(21)11-15(20)19(4)13-18(2,3)17(22)24-12-14-9-7-6-8-10-14/h6-10H,5,11-13H2,1-4H3. The van der Waals surface area contributed by atoms with Gasteiger partial charge in [-0.15, -0.1) is 0 Å². The summed E-state index contributed by atoms with van der Waals surface area (Å²) < 4.78 is 10.1. The predicted molar refractivity (Wildman–Crippen MR) is 88.9 cm³/mol. The molecule has 1 aromatic carbocycles. The largest absolute Gasteiger partial charge is 0.466 e. The summed E-state index contributed by atoms with van der Waals surface area (Å²) in [6.07, 6.45) is -0.334. The molecule has 0 aromatic heterocycles. The van der Waals surface area contributed by atoms with Crippen molar-refractivity contribution in [1.82, 2.24) is 4.90 Å². The average Bonchev–Trinajstić information content (AvgIpc) is 2.53. The zero-order valence-electron chi connectivity index (χ0n) is 14.7. The van der Waals surface area contributed by atoms with Gasteiger partial charge in [0.2, 0.25) is 5.91 Å². The van der Waals surface area contributed by atoms with Crippen LogP contribution in [0.2, 0.25) is 0 Å². The first-order valence-corrected chi connectivity index (χ1v) is 7.87. The molecule has 0 N–H and O–H groups in total. The summed E-state index contributed by atoms with van der Waals surface area (Å²) in [4.78, 5) is 37.0. The molecule has 24 heavy (non-hydrogen) atoms. The molecule has 0 radical (unpaired) electrons. The lowest BCUT2D eigenvalue weighted by atomic mass is 9.93. The quantitative estimate of drug-likeness (QED) is 0.538. The minimum Gasteiger partial charge on any atom is -0.466 e. The van der Waals surface area contributed by atoms with Crippen LogP contribution in [0.15, 0.2) is 30.3 Å². The molecule has 1 rings (SSSR count). The van der Waals surface area contributed by atoms with Crippen LogP contribution in [0.5, 0.6) is 0 Å². The molecule has 132 valence electrons. The Hall–Kier alpha value is -2.37. The molecule has 0 spiro atoms. The molecule has 6 heteroatoms. The van der Waals surface area contributed by atoms with Gasteiger partial charge in [-0.25, -0.2) is 0 Å². The fraction of sp³-hybridized carbons (Fsp3) is 0.500. The highest BCUT2D eigenvalue weighted by Crippen LogP contribution is 2.20. The number of carbonyl (C=O) groups excluding carboxylic acids is 3. The zero-order valence-corrected chi connectivity index (χ0v) is 14.7. The van der Waals surface area contributed by atoms with Gasteiger partial charge in [0, 0.05) is 13.6 Å². The number of hydrogen-bond donors (Lipinski definition) is 0. The highest BCUT2D eigenvalue weighted by Gasteiger charge is 2.32. The molecule has 0 fully saturated rings. The molecule has 0 heterocycles. The van der Waals surface area contributed by atoms with Gasteiger partial charge in [-0.1, -0.05) is 30.3 Å². The van der Waals surface area contributed by atoms with Crippen LogP contribution in [0.1, 0.15) is 32.8 Å². The molecule has 1 amide bonds. The van der Waals surface area contributed by atoms with Gasteiger partial charge in [0.1, 0.15) is 13.0 Å². The number of amides is 1. The second kappa shape index (κ2) is 9.05. The van der Waals surface area contributed by atoms with Crippen molar-refractivity contribution < 1.29 is 23.9 Å². The topological polar surface area (TPSA) is 72.9 Å². The van der Waals surface area contributed by atoms with Crippen molar-refractivity contribution in [3.63, 3.8) is 0 Å². The smallest absolute Gasteiger partial charge is 0.315 e. The third-order valence-corrected chi connectivity index (χ3v) is 3.42. The number of nitrogens with zero attached hydrogens (tertiary/aromatic N) is 1. The third kappa shape index (κ3) is 6.40. The van der Waals surface area contributed by atoms with E-state index in [9.17, 15) is 14.4 Å². The van der Waals surface area contributed by atoms with Crippen LogP contribution in [0, 0.1) is 5.41 Å². The SMILES string of the molecule is CCOC(=O)CC(=O)N(C)CC(C)(C)C(=O)OCc1ccccc1. The Labute approximate surface area is 142 Å². The minimum absolute atomic E-state index is 0.152. The first-order chi connectivity index (χ1) is 11.3. The second-order valence-electron chi connectivity index (χ2n) is 6.18. The van der Waals surface area contributed by atoms with Gasteiger partial charge < -0.3 is 14.4 Å². The van der Waals surface area contributed by atoms with Gasteiger partial charge in [0.25, 0.3) is 0 Å². The van der Waals surface area contributed by atoms with Crippen LogP contribution in [-0.4, -0.2) is 42.9 Å². The summed E-state index contributed by atoms with van der Waals surface area (Å²) in [7, 11) is 1.55. The van der Waals surface area contributed by atoms with Crippen molar-refractivity contribution in [3.05, 3.63) is 35.9 Å². The Morgan fingerprint density at radius 1 is 1.08 bits per heavy atom. The lowest BCUT2D eigenvalue weighted by molar-refractivity contribution is -0.157. The van der Waals surface area contributed by atoms with E-state index in [0.29, 0.717) is 0 Å². The van der Waals surface area contributed by atoms with E-state index < -0.39 is 23.3 Å². The van der Waals surface area contributed by atoms with Gasteiger partial charge >= 0.3 is 11.9 Å². The molecular formula is C18H25NO5. The summed E-state index contributed by atoms with van der Waals surface area (Å²) >= 11 is 0. The Bertz CT molecular complexity index is 568. The maximum atomic E-state index is 12.3. The molecule has 0 saturated heterocycles. The first kappa shape index (κ1) is 19.7. The molecule has 1 aromatic rings. The van der Waals surface area contributed by atoms with Crippen LogP contribution in [0.3, 0.4) is 0 Å². The maximum absolute atomic E-state index is 12.3. The summed E-state index contributed by atoms with van der Waals surface area (Å²) in [6, 6.07) is 9.37. The van der Waals surface area contributed by atoms with Gasteiger partial charge in [-0.3, -0.25) is 14.4 Å². The highest BCUT2D eigenvalue weighted by atomic mass is 16.5. The lowest BCUT2D eigenvalue weighted by Crippen LogP contribution is -2.41. The third-order valence-electron chi connectivity index (χ3n) is 3.42. The summed E-state index contributed by atoms with van der Waals surface area (Å²) in [5.74, 6) is -1.36. The van der Waals surface area contributed by atoms with E-state index in [0.717, 1.165) is 5.56 Å². The molecule has 0 bridgehead atoms. The lowest BCUT2D eigenvalue weighted by Gasteiger charge is -2.28. The van der Waals surface area contributed by atoms with Gasteiger partial charge in [-0.2, -0.15) is 0 Å². The normalized spacial score (nSPS) is 10.8. The minimum atomic E-state index is -0.881. The van der Waals surface area contributed by atoms with Crippen molar-refractivity contribution in [2.24, 2.45) is 5.41 Å². The van der Waals surface area contributed by atoms with E-state index in [2.05, 4.69) is 0 Å². The molecule has 0 aliphatic rings. The van der Waals surface area contributed by atoms with Crippen molar-refractivity contribution in [2.45, 2.75) is 33.8 Å². The van der Waals surface area contributed by atoms with E-state index in [1.807, 2.05) is 30.3 Å². The molecule has 0 saturated carbocycles. The van der Waals surface area contributed by atoms with E-state index in [1.165, 1.54) is 4.90 Å². The first-order valence-electron chi connectivity index (χ1n) is 7.87. The number of carbonyl (C=O) groups is 3. The Balaban J connectivity index is 2.52. The fourth-order valence-corrected chi connectivity index (χ4v) is 2.13. The van der Waals surface area contributed by atoms with Crippen molar-refractivity contribution in [2.75, 3.05) is 20.2 Å². The van der Waals surface area contributed by atoms with Crippen LogP contribution in [-0.2, 0) is 30.5 Å². The van der Waals surface area contributed by atoms with Crippen LogP contribution >= 0.6 is 0 Å². The van der Waals surface area contributed by atoms with E-state index in [-0.39, 0.29) is 26.2 Å². The molecule has 0 atom stereocenters. The maximum Gasteiger partial charge on any atom is 0.315 e. The Morgan fingerprint density at radius 2 is 1.71 bits per heavy atom. The van der Waals surface area contributed by atoms with Gasteiger partial charge in [0.15, 0.2) is 0 Å². The Kier molecular flexibility index (Phi) is 7.42. The van der Waals surface area contributed by atoms with E-state index >= 15 is 0 Å². The van der Waals surface area contributed by atoms with Crippen molar-refractivity contribution >= 4 is 17.8 Å².